The second-order valence-corrected chi connectivity index (χ2v) is 6.96. The number of rotatable bonds is 5. The molecule has 0 bridgehead atoms. The third-order valence-corrected chi connectivity index (χ3v) is 4.92. The molecule has 4 nitrogen and oxygen atoms in total. The molecule has 2 rings (SSSR count). The van der Waals surface area contributed by atoms with Gasteiger partial charge in [-0.25, -0.2) is 13.1 Å². The monoisotopic (exact) mass is 324 g/mol. The number of hydrogen-bond donors (Lipinski definition) is 2. The first-order valence-electron chi connectivity index (χ1n) is 6.45. The van der Waals surface area contributed by atoms with Gasteiger partial charge in [0.2, 0.25) is 10.0 Å². The van der Waals surface area contributed by atoms with Gasteiger partial charge in [0.15, 0.2) is 0 Å². The summed E-state index contributed by atoms with van der Waals surface area (Å²) in [6.07, 6.45) is 0. The van der Waals surface area contributed by atoms with Gasteiger partial charge >= 0.3 is 0 Å². The Labute approximate surface area is 130 Å². The van der Waals surface area contributed by atoms with Crippen molar-refractivity contribution in [2.24, 2.45) is 0 Å². The Morgan fingerprint density at radius 3 is 2.57 bits per heavy atom. The molecule has 0 atom stereocenters. The Morgan fingerprint density at radius 1 is 1.14 bits per heavy atom. The van der Waals surface area contributed by atoms with E-state index in [9.17, 15) is 8.42 Å². The van der Waals surface area contributed by atoms with E-state index in [1.807, 2.05) is 30.3 Å². The molecule has 0 amide bonds. The molecule has 21 heavy (non-hydrogen) atoms. The van der Waals surface area contributed by atoms with Crippen LogP contribution in [0.2, 0.25) is 5.02 Å². The summed E-state index contributed by atoms with van der Waals surface area (Å²) >= 11 is 5.94. The smallest absolute Gasteiger partial charge is 0.240 e. The van der Waals surface area contributed by atoms with Crippen molar-refractivity contribution in [1.82, 2.24) is 4.72 Å². The van der Waals surface area contributed by atoms with Crippen LogP contribution < -0.4 is 10.0 Å². The molecule has 0 radical (unpaired) electrons. The summed E-state index contributed by atoms with van der Waals surface area (Å²) in [6.45, 7) is 2.34. The number of nitrogens with one attached hydrogen (secondary N) is 2. The minimum atomic E-state index is -3.45. The molecule has 0 heterocycles. The predicted octanol–water partition coefficient (Wildman–Crippen LogP) is 3.17. The molecule has 0 aliphatic rings. The topological polar surface area (TPSA) is 58.2 Å². The summed E-state index contributed by atoms with van der Waals surface area (Å²) in [7, 11) is -2.05. The first-order chi connectivity index (χ1) is 9.92. The molecule has 0 saturated carbocycles. The van der Waals surface area contributed by atoms with E-state index in [1.165, 1.54) is 7.05 Å². The number of sulfonamides is 1. The van der Waals surface area contributed by atoms with Crippen LogP contribution in [-0.2, 0) is 16.6 Å². The van der Waals surface area contributed by atoms with E-state index in [1.54, 1.807) is 19.1 Å². The van der Waals surface area contributed by atoms with E-state index in [0.717, 1.165) is 11.3 Å². The minimum absolute atomic E-state index is 0.279. The van der Waals surface area contributed by atoms with Gasteiger partial charge in [-0.15, -0.1) is 0 Å². The highest BCUT2D eigenvalue weighted by atomic mass is 35.5. The summed E-state index contributed by atoms with van der Waals surface area (Å²) in [5.41, 5.74) is 2.48. The standard InChI is InChI=1S/C15H17ClN2O2S/c1-11-6-7-14(9-15(11)21(19,20)17-2)18-10-12-4-3-5-13(16)8-12/h3-9,17-18H,10H2,1-2H3. The number of aryl methyl sites for hydroxylation is 1. The highest BCUT2D eigenvalue weighted by Gasteiger charge is 2.14. The van der Waals surface area contributed by atoms with Crippen LogP contribution in [0.3, 0.4) is 0 Å². The van der Waals surface area contributed by atoms with Crippen molar-refractivity contribution in [3.05, 3.63) is 58.6 Å². The zero-order valence-electron chi connectivity index (χ0n) is 11.9. The fraction of sp³-hybridized carbons (Fsp3) is 0.200. The average molecular weight is 325 g/mol. The molecule has 0 fully saturated rings. The normalized spacial score (nSPS) is 11.4. The Hall–Kier alpha value is -1.56. The summed E-state index contributed by atoms with van der Waals surface area (Å²) in [6, 6.07) is 12.8. The van der Waals surface area contributed by atoms with Gasteiger partial charge in [-0.1, -0.05) is 29.8 Å². The molecular formula is C15H17ClN2O2S. The van der Waals surface area contributed by atoms with Crippen LogP contribution in [0.5, 0.6) is 0 Å². The number of anilines is 1. The molecule has 2 aromatic rings. The maximum absolute atomic E-state index is 11.9. The number of benzene rings is 2. The summed E-state index contributed by atoms with van der Waals surface area (Å²) in [5, 5.41) is 3.88. The van der Waals surface area contributed by atoms with Crippen LogP contribution >= 0.6 is 11.6 Å². The molecule has 0 aliphatic heterocycles. The van der Waals surface area contributed by atoms with Crippen LogP contribution in [0.4, 0.5) is 5.69 Å². The Balaban J connectivity index is 2.20. The van der Waals surface area contributed by atoms with Crippen LogP contribution in [-0.4, -0.2) is 15.5 Å². The van der Waals surface area contributed by atoms with Crippen molar-refractivity contribution in [3.8, 4) is 0 Å². The highest BCUT2D eigenvalue weighted by Crippen LogP contribution is 2.20. The van der Waals surface area contributed by atoms with Crippen molar-refractivity contribution in [1.29, 1.82) is 0 Å². The molecule has 6 heteroatoms. The van der Waals surface area contributed by atoms with Crippen molar-refractivity contribution < 1.29 is 8.42 Å². The fourth-order valence-corrected chi connectivity index (χ4v) is 3.17. The lowest BCUT2D eigenvalue weighted by atomic mass is 10.2. The first kappa shape index (κ1) is 15.8. The van der Waals surface area contributed by atoms with E-state index in [2.05, 4.69) is 10.0 Å². The Bertz CT molecular complexity index is 745. The lowest BCUT2D eigenvalue weighted by Crippen LogP contribution is -2.19. The van der Waals surface area contributed by atoms with Gasteiger partial charge in [-0.05, 0) is 49.4 Å². The summed E-state index contributed by atoms with van der Waals surface area (Å²) < 4.78 is 26.2. The van der Waals surface area contributed by atoms with Crippen molar-refractivity contribution >= 4 is 27.3 Å². The Morgan fingerprint density at radius 2 is 1.90 bits per heavy atom. The van der Waals surface area contributed by atoms with Gasteiger partial charge in [-0.2, -0.15) is 0 Å². The molecule has 2 N–H and O–H groups in total. The molecule has 2 aromatic carbocycles. The third kappa shape index (κ3) is 3.97. The van der Waals surface area contributed by atoms with E-state index >= 15 is 0 Å². The lowest BCUT2D eigenvalue weighted by molar-refractivity contribution is 0.587. The second kappa shape index (κ2) is 6.47. The average Bonchev–Trinajstić information content (AvgIpc) is 2.46. The number of halogens is 1. The van der Waals surface area contributed by atoms with Gasteiger partial charge in [0, 0.05) is 17.3 Å². The summed E-state index contributed by atoms with van der Waals surface area (Å²) in [5.74, 6) is 0. The predicted molar refractivity (Wildman–Crippen MR) is 86.2 cm³/mol. The van der Waals surface area contributed by atoms with Crippen LogP contribution in [0.25, 0.3) is 0 Å². The molecule has 0 saturated heterocycles. The molecule has 0 spiro atoms. The summed E-state index contributed by atoms with van der Waals surface area (Å²) in [4.78, 5) is 0.279. The first-order valence-corrected chi connectivity index (χ1v) is 8.31. The minimum Gasteiger partial charge on any atom is -0.381 e. The molecule has 0 aliphatic carbocycles. The SMILES string of the molecule is CNS(=O)(=O)c1cc(NCc2cccc(Cl)c2)ccc1C. The van der Waals surface area contributed by atoms with E-state index in [4.69, 9.17) is 11.6 Å². The van der Waals surface area contributed by atoms with Gasteiger partial charge < -0.3 is 5.32 Å². The lowest BCUT2D eigenvalue weighted by Gasteiger charge is -2.11. The van der Waals surface area contributed by atoms with Crippen LogP contribution in [0.15, 0.2) is 47.4 Å². The highest BCUT2D eigenvalue weighted by molar-refractivity contribution is 7.89. The van der Waals surface area contributed by atoms with Crippen LogP contribution in [0, 0.1) is 6.92 Å². The van der Waals surface area contributed by atoms with Crippen LogP contribution in [0.1, 0.15) is 11.1 Å². The van der Waals surface area contributed by atoms with Crippen molar-refractivity contribution in [2.75, 3.05) is 12.4 Å². The van der Waals surface area contributed by atoms with Crippen molar-refractivity contribution in [2.45, 2.75) is 18.4 Å². The largest absolute Gasteiger partial charge is 0.381 e. The number of hydrogen-bond acceptors (Lipinski definition) is 3. The van der Waals surface area contributed by atoms with E-state index in [0.29, 0.717) is 17.1 Å². The van der Waals surface area contributed by atoms with E-state index < -0.39 is 10.0 Å². The fourth-order valence-electron chi connectivity index (χ4n) is 1.96. The van der Waals surface area contributed by atoms with Gasteiger partial charge in [0.05, 0.1) is 4.90 Å². The molecular weight excluding hydrogens is 308 g/mol. The Kier molecular flexibility index (Phi) is 4.88. The maximum Gasteiger partial charge on any atom is 0.240 e. The van der Waals surface area contributed by atoms with Gasteiger partial charge in [0.25, 0.3) is 0 Å². The zero-order chi connectivity index (χ0) is 15.5. The second-order valence-electron chi connectivity index (χ2n) is 4.67. The van der Waals surface area contributed by atoms with E-state index in [-0.39, 0.29) is 4.90 Å². The van der Waals surface area contributed by atoms with Gasteiger partial charge in [-0.3, -0.25) is 0 Å². The molecule has 112 valence electrons. The van der Waals surface area contributed by atoms with Gasteiger partial charge in [0.1, 0.15) is 0 Å². The quantitative estimate of drug-likeness (QED) is 0.888. The van der Waals surface area contributed by atoms with Crippen molar-refractivity contribution in [3.63, 3.8) is 0 Å². The molecule has 0 unspecified atom stereocenters. The third-order valence-electron chi connectivity index (χ3n) is 3.13. The maximum atomic E-state index is 11.9. The molecule has 0 aromatic heterocycles. The zero-order valence-corrected chi connectivity index (χ0v) is 13.4.